The van der Waals surface area contributed by atoms with E-state index in [1.165, 1.54) is 12.1 Å². The lowest BCUT2D eigenvalue weighted by atomic mass is 9.69. The average Bonchev–Trinajstić information content (AvgIpc) is 2.33. The minimum absolute atomic E-state index is 0.0595. The van der Waals surface area contributed by atoms with E-state index >= 15 is 0 Å². The van der Waals surface area contributed by atoms with Crippen LogP contribution < -0.4 is 0 Å². The molecule has 17 heavy (non-hydrogen) atoms. The molecule has 1 aromatic carbocycles. The summed E-state index contributed by atoms with van der Waals surface area (Å²) in [5, 5.41) is 19.6. The normalized spacial score (nSPS) is 33.6. The highest BCUT2D eigenvalue weighted by atomic mass is 19.1. The third-order valence-electron chi connectivity index (χ3n) is 3.99. The number of halogens is 1. The van der Waals surface area contributed by atoms with Gasteiger partial charge in [0.1, 0.15) is 5.82 Å². The van der Waals surface area contributed by atoms with Crippen LogP contribution in [0.2, 0.25) is 0 Å². The van der Waals surface area contributed by atoms with E-state index in [1.807, 2.05) is 0 Å². The highest BCUT2D eigenvalue weighted by Gasteiger charge is 2.37. The molecule has 0 saturated heterocycles. The van der Waals surface area contributed by atoms with Gasteiger partial charge in [-0.3, -0.25) is 0 Å². The van der Waals surface area contributed by atoms with Gasteiger partial charge in [-0.25, -0.2) is 4.39 Å². The summed E-state index contributed by atoms with van der Waals surface area (Å²) in [5.41, 5.74) is 0.921. The van der Waals surface area contributed by atoms with Crippen molar-refractivity contribution >= 4 is 0 Å². The first kappa shape index (κ1) is 12.5. The van der Waals surface area contributed by atoms with E-state index in [-0.39, 0.29) is 24.3 Å². The molecule has 0 radical (unpaired) electrons. The molecule has 0 amide bonds. The molecule has 0 heterocycles. The van der Waals surface area contributed by atoms with Crippen LogP contribution in [0.5, 0.6) is 0 Å². The van der Waals surface area contributed by atoms with Crippen LogP contribution in [0.4, 0.5) is 4.39 Å². The summed E-state index contributed by atoms with van der Waals surface area (Å²) in [6.07, 6.45) is 1.25. The highest BCUT2D eigenvalue weighted by molar-refractivity contribution is 5.23. The van der Waals surface area contributed by atoms with Gasteiger partial charge >= 0.3 is 0 Å². The third kappa shape index (κ3) is 2.50. The Kier molecular flexibility index (Phi) is 3.79. The van der Waals surface area contributed by atoms with Crippen molar-refractivity contribution in [3.05, 3.63) is 35.6 Å². The average molecular weight is 238 g/mol. The van der Waals surface area contributed by atoms with Crippen molar-refractivity contribution < 1.29 is 14.6 Å². The Morgan fingerprint density at radius 2 is 1.88 bits per heavy atom. The van der Waals surface area contributed by atoms with Crippen LogP contribution in [0.15, 0.2) is 24.3 Å². The lowest BCUT2D eigenvalue weighted by Crippen LogP contribution is -2.37. The molecule has 2 N–H and O–H groups in total. The molecule has 1 aromatic rings. The standard InChI is InChI=1S/C14H19FO2/c1-9-2-7-13(17)14(12(9)8-16)10-3-5-11(15)6-4-10/h3-6,9,12-14,16-17H,2,7-8H2,1H3/t9?,12-,13+,14+/m1/s1. The fraction of sp³-hybridized carbons (Fsp3) is 0.571. The molecular weight excluding hydrogens is 219 g/mol. The number of hydrogen-bond acceptors (Lipinski definition) is 2. The van der Waals surface area contributed by atoms with Crippen LogP contribution in [0.25, 0.3) is 0 Å². The molecule has 94 valence electrons. The van der Waals surface area contributed by atoms with Crippen LogP contribution in [-0.4, -0.2) is 22.9 Å². The van der Waals surface area contributed by atoms with Crippen molar-refractivity contribution in [1.82, 2.24) is 0 Å². The monoisotopic (exact) mass is 238 g/mol. The van der Waals surface area contributed by atoms with E-state index < -0.39 is 6.10 Å². The third-order valence-corrected chi connectivity index (χ3v) is 3.99. The van der Waals surface area contributed by atoms with Crippen molar-refractivity contribution in [2.24, 2.45) is 11.8 Å². The summed E-state index contributed by atoms with van der Waals surface area (Å²) in [6, 6.07) is 6.25. The SMILES string of the molecule is CC1CC[C@H](O)[C@@H](c2ccc(F)cc2)[C@@H]1CO. The zero-order valence-corrected chi connectivity index (χ0v) is 10.0. The van der Waals surface area contributed by atoms with Crippen LogP contribution in [0.3, 0.4) is 0 Å². The summed E-state index contributed by atoms with van der Waals surface area (Å²) in [7, 11) is 0. The van der Waals surface area contributed by atoms with Crippen molar-refractivity contribution in [3.63, 3.8) is 0 Å². The topological polar surface area (TPSA) is 40.5 Å². The number of aliphatic hydroxyl groups excluding tert-OH is 2. The van der Waals surface area contributed by atoms with Crippen LogP contribution in [0.1, 0.15) is 31.2 Å². The van der Waals surface area contributed by atoms with Crippen molar-refractivity contribution in [1.29, 1.82) is 0 Å². The molecule has 1 saturated carbocycles. The van der Waals surface area contributed by atoms with E-state index in [9.17, 15) is 14.6 Å². The maximum Gasteiger partial charge on any atom is 0.123 e. The Hall–Kier alpha value is -0.930. The number of aliphatic hydroxyl groups is 2. The number of benzene rings is 1. The van der Waals surface area contributed by atoms with E-state index in [2.05, 4.69) is 6.92 Å². The van der Waals surface area contributed by atoms with Gasteiger partial charge in [0.2, 0.25) is 0 Å². The zero-order chi connectivity index (χ0) is 12.4. The quantitative estimate of drug-likeness (QED) is 0.830. The molecule has 0 spiro atoms. The molecule has 4 atom stereocenters. The van der Waals surface area contributed by atoms with E-state index in [0.717, 1.165) is 18.4 Å². The largest absolute Gasteiger partial charge is 0.396 e. The molecule has 1 unspecified atom stereocenters. The first-order valence-corrected chi connectivity index (χ1v) is 6.18. The molecule has 0 aliphatic heterocycles. The Balaban J connectivity index is 2.28. The molecule has 1 aliphatic rings. The van der Waals surface area contributed by atoms with E-state index in [4.69, 9.17) is 0 Å². The molecule has 0 aromatic heterocycles. The Bertz CT molecular complexity index is 363. The van der Waals surface area contributed by atoms with Crippen LogP contribution >= 0.6 is 0 Å². The summed E-state index contributed by atoms with van der Waals surface area (Å²) < 4.78 is 12.9. The first-order chi connectivity index (χ1) is 8.13. The van der Waals surface area contributed by atoms with Gasteiger partial charge in [0.05, 0.1) is 6.10 Å². The van der Waals surface area contributed by atoms with Crippen LogP contribution in [0, 0.1) is 17.7 Å². The molecule has 3 heteroatoms. The van der Waals surface area contributed by atoms with E-state index in [1.54, 1.807) is 12.1 Å². The fourth-order valence-electron chi connectivity index (χ4n) is 2.91. The van der Waals surface area contributed by atoms with Crippen molar-refractivity contribution in [2.45, 2.75) is 31.8 Å². The number of hydrogen-bond donors (Lipinski definition) is 2. The smallest absolute Gasteiger partial charge is 0.123 e. The maximum atomic E-state index is 12.9. The van der Waals surface area contributed by atoms with Gasteiger partial charge in [-0.15, -0.1) is 0 Å². The minimum Gasteiger partial charge on any atom is -0.396 e. The number of rotatable bonds is 2. The Morgan fingerprint density at radius 3 is 2.47 bits per heavy atom. The second-order valence-electron chi connectivity index (χ2n) is 5.05. The van der Waals surface area contributed by atoms with Crippen molar-refractivity contribution in [3.8, 4) is 0 Å². The summed E-state index contributed by atoms with van der Waals surface area (Å²) in [6.45, 7) is 2.17. The van der Waals surface area contributed by atoms with Gasteiger partial charge in [-0.2, -0.15) is 0 Å². The van der Waals surface area contributed by atoms with Crippen molar-refractivity contribution in [2.75, 3.05) is 6.61 Å². The van der Waals surface area contributed by atoms with Gasteiger partial charge < -0.3 is 10.2 Å². The highest BCUT2D eigenvalue weighted by Crippen LogP contribution is 2.41. The molecule has 0 bridgehead atoms. The second-order valence-corrected chi connectivity index (χ2v) is 5.05. The van der Waals surface area contributed by atoms with Crippen LogP contribution in [-0.2, 0) is 0 Å². The van der Waals surface area contributed by atoms with Gasteiger partial charge in [0, 0.05) is 12.5 Å². The van der Waals surface area contributed by atoms with Gasteiger partial charge in [-0.05, 0) is 42.4 Å². The molecule has 2 nitrogen and oxygen atoms in total. The molecule has 1 aliphatic carbocycles. The maximum absolute atomic E-state index is 12.9. The zero-order valence-electron chi connectivity index (χ0n) is 10.0. The lowest BCUT2D eigenvalue weighted by molar-refractivity contribution is 0.0209. The molecule has 2 rings (SSSR count). The lowest BCUT2D eigenvalue weighted by Gasteiger charge is -2.39. The Morgan fingerprint density at radius 1 is 1.24 bits per heavy atom. The van der Waals surface area contributed by atoms with Gasteiger partial charge in [0.15, 0.2) is 0 Å². The van der Waals surface area contributed by atoms with E-state index in [0.29, 0.717) is 5.92 Å². The van der Waals surface area contributed by atoms with Gasteiger partial charge in [-0.1, -0.05) is 19.1 Å². The fourth-order valence-corrected chi connectivity index (χ4v) is 2.91. The Labute approximate surface area is 101 Å². The van der Waals surface area contributed by atoms with Gasteiger partial charge in [0.25, 0.3) is 0 Å². The first-order valence-electron chi connectivity index (χ1n) is 6.18. The minimum atomic E-state index is -0.436. The summed E-state index contributed by atoms with van der Waals surface area (Å²) in [4.78, 5) is 0. The molecule has 1 fully saturated rings. The summed E-state index contributed by atoms with van der Waals surface area (Å²) >= 11 is 0. The molecular formula is C14H19FO2. The predicted molar refractivity (Wildman–Crippen MR) is 64.1 cm³/mol. The summed E-state index contributed by atoms with van der Waals surface area (Å²) in [5.74, 6) is 0.0969. The predicted octanol–water partition coefficient (Wildman–Crippen LogP) is 2.31. The second kappa shape index (κ2) is 5.15.